The predicted molar refractivity (Wildman–Crippen MR) is 51.8 cm³/mol. The predicted octanol–water partition coefficient (Wildman–Crippen LogP) is 0.148. The summed E-state index contributed by atoms with van der Waals surface area (Å²) < 4.78 is 0. The molecule has 0 aromatic heterocycles. The minimum absolute atomic E-state index is 0.147. The number of carbonyl (C=O) groups is 1. The van der Waals surface area contributed by atoms with E-state index in [-0.39, 0.29) is 6.29 Å². The first-order chi connectivity index (χ1) is 8.08. The molecule has 0 aliphatic carbocycles. The summed E-state index contributed by atoms with van der Waals surface area (Å²) in [7, 11) is 0. The summed E-state index contributed by atoms with van der Waals surface area (Å²) in [6, 6.07) is 0. The monoisotopic (exact) mass is 246 g/mol. The molecule has 0 saturated carbocycles. The Kier molecular flexibility index (Phi) is 6.99. The van der Waals surface area contributed by atoms with Gasteiger partial charge in [0.15, 0.2) is 18.5 Å². The number of hydrogen-bond donors (Lipinski definition) is 2. The van der Waals surface area contributed by atoms with Gasteiger partial charge >= 0.3 is 0 Å². The van der Waals surface area contributed by atoms with Crippen molar-refractivity contribution in [2.75, 3.05) is 0 Å². The highest BCUT2D eigenvalue weighted by atomic mass is 16.7. The molecule has 0 aromatic carbocycles. The summed E-state index contributed by atoms with van der Waals surface area (Å²) in [6.45, 7) is 1.23. The lowest BCUT2D eigenvalue weighted by Gasteiger charge is -2.25. The first-order valence-electron chi connectivity index (χ1n) is 4.30. The SMILES string of the molecule is C[C@@H](O)[C@@H](ON=[N+]=[N-])[C@H](O)[C@@H](C=O)ON=[N+]=[N-]. The zero-order chi connectivity index (χ0) is 13.3. The lowest BCUT2D eigenvalue weighted by Crippen LogP contribution is -2.45. The fourth-order valence-corrected chi connectivity index (χ4v) is 0.941. The lowest BCUT2D eigenvalue weighted by atomic mass is 10.1. The third-order valence-electron chi connectivity index (χ3n) is 1.69. The average molecular weight is 246 g/mol. The minimum Gasteiger partial charge on any atom is -0.424 e. The van der Waals surface area contributed by atoms with Gasteiger partial charge in [-0.3, -0.25) is 4.79 Å². The molecule has 0 aliphatic heterocycles. The van der Waals surface area contributed by atoms with Crippen LogP contribution in [-0.2, 0) is 14.5 Å². The van der Waals surface area contributed by atoms with E-state index in [4.69, 9.17) is 11.1 Å². The van der Waals surface area contributed by atoms with Gasteiger partial charge in [-0.05, 0) is 18.0 Å². The molecule has 94 valence electrons. The molecule has 0 radical (unpaired) electrons. The standard InChI is InChI=1S/C6H10N6O5/c1-3(14)6(17-12-10-8)5(15)4(2-13)16-11-9-7/h2-6,14-15H,1H3/t3-,4-,5-,6-/m1/s1. The van der Waals surface area contributed by atoms with Crippen LogP contribution in [0.3, 0.4) is 0 Å². The summed E-state index contributed by atoms with van der Waals surface area (Å²) in [4.78, 5) is 23.7. The topological polar surface area (TPSA) is 174 Å². The van der Waals surface area contributed by atoms with Crippen molar-refractivity contribution in [3.8, 4) is 0 Å². The highest BCUT2D eigenvalue weighted by molar-refractivity contribution is 5.57. The number of nitrogens with zero attached hydrogens (tertiary/aromatic N) is 6. The van der Waals surface area contributed by atoms with E-state index < -0.39 is 24.4 Å². The number of azide groups is 2. The van der Waals surface area contributed by atoms with Crippen LogP contribution >= 0.6 is 0 Å². The summed E-state index contributed by atoms with van der Waals surface area (Å²) >= 11 is 0. The van der Waals surface area contributed by atoms with E-state index >= 15 is 0 Å². The van der Waals surface area contributed by atoms with Gasteiger partial charge in [0, 0.05) is 9.82 Å². The Morgan fingerprint density at radius 3 is 2.18 bits per heavy atom. The summed E-state index contributed by atoms with van der Waals surface area (Å²) in [5, 5.41) is 24.2. The molecule has 0 aliphatic rings. The molecule has 17 heavy (non-hydrogen) atoms. The highest BCUT2D eigenvalue weighted by Crippen LogP contribution is 2.11. The molecule has 0 unspecified atom stereocenters. The number of hydrogen-bond acceptors (Lipinski definition) is 7. The van der Waals surface area contributed by atoms with Crippen LogP contribution < -0.4 is 0 Å². The first kappa shape index (κ1) is 14.8. The van der Waals surface area contributed by atoms with Crippen molar-refractivity contribution in [2.24, 2.45) is 10.6 Å². The molecule has 2 N–H and O–H groups in total. The van der Waals surface area contributed by atoms with Gasteiger partial charge in [-0.25, -0.2) is 0 Å². The van der Waals surface area contributed by atoms with Crippen LogP contribution in [0.1, 0.15) is 6.92 Å². The Hall–Kier alpha value is -2.19. The quantitative estimate of drug-likeness (QED) is 0.203. The van der Waals surface area contributed by atoms with Crippen molar-refractivity contribution in [2.45, 2.75) is 31.3 Å². The van der Waals surface area contributed by atoms with Crippen molar-refractivity contribution in [3.05, 3.63) is 20.9 Å². The Labute approximate surface area is 94.7 Å². The Balaban J connectivity index is 4.75. The number of rotatable bonds is 8. The Bertz CT molecular complexity index is 336. The highest BCUT2D eigenvalue weighted by Gasteiger charge is 2.33. The third kappa shape index (κ3) is 4.91. The largest absolute Gasteiger partial charge is 0.424 e. The van der Waals surface area contributed by atoms with Crippen molar-refractivity contribution in [3.63, 3.8) is 0 Å². The summed E-state index contributed by atoms with van der Waals surface area (Å²) in [6.07, 6.45) is -5.75. The second kappa shape index (κ2) is 8.02. The molecule has 0 rings (SSSR count). The molecule has 4 atom stereocenters. The summed E-state index contributed by atoms with van der Waals surface area (Å²) in [5.41, 5.74) is 16.0. The van der Waals surface area contributed by atoms with E-state index in [0.717, 1.165) is 0 Å². The number of carbonyl (C=O) groups excluding carboxylic acids is 1. The van der Waals surface area contributed by atoms with Crippen LogP contribution in [-0.4, -0.2) is 40.9 Å². The molecular weight excluding hydrogens is 236 g/mol. The molecular formula is C6H10N6O5. The van der Waals surface area contributed by atoms with Crippen LogP contribution in [0, 0.1) is 0 Å². The van der Waals surface area contributed by atoms with Crippen molar-refractivity contribution < 1.29 is 24.7 Å². The van der Waals surface area contributed by atoms with Gasteiger partial charge in [-0.15, -0.1) is 0 Å². The maximum Gasteiger partial charge on any atom is 0.192 e. The Morgan fingerprint density at radius 2 is 1.76 bits per heavy atom. The molecule has 0 spiro atoms. The van der Waals surface area contributed by atoms with Crippen LogP contribution in [0.4, 0.5) is 0 Å². The number of aldehydes is 1. The van der Waals surface area contributed by atoms with Crippen molar-refractivity contribution in [1.29, 1.82) is 0 Å². The zero-order valence-corrected chi connectivity index (χ0v) is 8.69. The molecule has 0 heterocycles. The van der Waals surface area contributed by atoms with E-state index in [1.807, 2.05) is 0 Å². The van der Waals surface area contributed by atoms with Gasteiger partial charge in [-0.1, -0.05) is 0 Å². The fourth-order valence-electron chi connectivity index (χ4n) is 0.941. The number of aliphatic hydroxyl groups is 2. The van der Waals surface area contributed by atoms with Gasteiger partial charge in [0.1, 0.15) is 16.7 Å². The van der Waals surface area contributed by atoms with Gasteiger partial charge in [0.05, 0.1) is 6.10 Å². The fraction of sp³-hybridized carbons (Fsp3) is 0.833. The molecule has 0 aromatic rings. The lowest BCUT2D eigenvalue weighted by molar-refractivity contribution is -0.153. The van der Waals surface area contributed by atoms with Crippen LogP contribution in [0.15, 0.2) is 10.6 Å². The van der Waals surface area contributed by atoms with E-state index in [0.29, 0.717) is 0 Å². The molecule has 0 saturated heterocycles. The smallest absolute Gasteiger partial charge is 0.192 e. The van der Waals surface area contributed by atoms with E-state index in [9.17, 15) is 15.0 Å². The van der Waals surface area contributed by atoms with Gasteiger partial charge in [0.25, 0.3) is 0 Å². The first-order valence-corrected chi connectivity index (χ1v) is 4.30. The number of aliphatic hydroxyl groups excluding tert-OH is 2. The second-order valence-electron chi connectivity index (χ2n) is 2.85. The minimum atomic E-state index is -1.68. The molecule has 0 amide bonds. The van der Waals surface area contributed by atoms with Gasteiger partial charge in [0.2, 0.25) is 0 Å². The second-order valence-corrected chi connectivity index (χ2v) is 2.85. The van der Waals surface area contributed by atoms with Crippen molar-refractivity contribution >= 4 is 6.29 Å². The van der Waals surface area contributed by atoms with Crippen LogP contribution in [0.5, 0.6) is 0 Å². The summed E-state index contributed by atoms with van der Waals surface area (Å²) in [5.74, 6) is 0. The van der Waals surface area contributed by atoms with Crippen LogP contribution in [0.2, 0.25) is 0 Å². The van der Waals surface area contributed by atoms with Gasteiger partial charge < -0.3 is 19.9 Å². The van der Waals surface area contributed by atoms with Crippen LogP contribution in [0.25, 0.3) is 20.9 Å². The maximum absolute atomic E-state index is 10.5. The van der Waals surface area contributed by atoms with E-state index in [1.54, 1.807) is 0 Å². The van der Waals surface area contributed by atoms with E-state index in [2.05, 4.69) is 30.1 Å². The normalized spacial score (nSPS) is 16.4. The molecule has 11 nitrogen and oxygen atoms in total. The van der Waals surface area contributed by atoms with E-state index in [1.165, 1.54) is 6.92 Å². The zero-order valence-electron chi connectivity index (χ0n) is 8.69. The molecule has 0 bridgehead atoms. The average Bonchev–Trinajstić information content (AvgIpc) is 2.30. The van der Waals surface area contributed by atoms with Crippen molar-refractivity contribution in [1.82, 2.24) is 0 Å². The maximum atomic E-state index is 10.5. The molecule has 11 heteroatoms. The third-order valence-corrected chi connectivity index (χ3v) is 1.69. The molecule has 0 fully saturated rings. The van der Waals surface area contributed by atoms with Gasteiger partial charge in [-0.2, -0.15) is 0 Å². The Morgan fingerprint density at radius 1 is 1.24 bits per heavy atom.